The summed E-state index contributed by atoms with van der Waals surface area (Å²) in [5.41, 5.74) is 0.599. The molecule has 1 aromatic heterocycles. The van der Waals surface area contributed by atoms with Gasteiger partial charge in [-0.15, -0.1) is 0 Å². The van der Waals surface area contributed by atoms with Gasteiger partial charge in [0.2, 0.25) is 0 Å². The molecule has 1 heterocycles. The van der Waals surface area contributed by atoms with E-state index in [0.717, 1.165) is 0 Å². The summed E-state index contributed by atoms with van der Waals surface area (Å²) in [6, 6.07) is 12.4. The molecule has 0 aliphatic rings. The largest absolute Gasteiger partial charge is 0.490 e. The predicted molar refractivity (Wildman–Crippen MR) is 66.1 cm³/mol. The van der Waals surface area contributed by atoms with Crippen LogP contribution in [0.5, 0.6) is 5.75 Å². The minimum Gasteiger partial charge on any atom is -0.490 e. The molecular formula is C13H12ClNO2. The van der Waals surface area contributed by atoms with Gasteiger partial charge in [-0.1, -0.05) is 17.7 Å². The van der Waals surface area contributed by atoms with Crippen molar-refractivity contribution in [2.75, 3.05) is 6.61 Å². The van der Waals surface area contributed by atoms with E-state index in [1.54, 1.807) is 42.6 Å². The third-order valence-corrected chi connectivity index (χ3v) is 2.50. The van der Waals surface area contributed by atoms with Crippen LogP contribution in [0.3, 0.4) is 0 Å². The highest BCUT2D eigenvalue weighted by Crippen LogP contribution is 2.17. The Balaban J connectivity index is 1.92. The van der Waals surface area contributed by atoms with Crippen LogP contribution in [0, 0.1) is 0 Å². The first-order valence-electron chi connectivity index (χ1n) is 5.23. The van der Waals surface area contributed by atoms with Crippen molar-refractivity contribution in [3.8, 4) is 5.75 Å². The predicted octanol–water partition coefficient (Wildman–Crippen LogP) is 2.85. The lowest BCUT2D eigenvalue weighted by Gasteiger charge is -2.11. The van der Waals surface area contributed by atoms with Gasteiger partial charge in [-0.3, -0.25) is 4.98 Å². The summed E-state index contributed by atoms with van der Waals surface area (Å²) in [5, 5.41) is 10.5. The van der Waals surface area contributed by atoms with Gasteiger partial charge in [-0.05, 0) is 36.4 Å². The molecular weight excluding hydrogens is 238 g/mol. The monoisotopic (exact) mass is 249 g/mol. The maximum Gasteiger partial charge on any atom is 0.130 e. The van der Waals surface area contributed by atoms with Crippen LogP contribution in [0.15, 0.2) is 48.7 Å². The second-order valence-electron chi connectivity index (χ2n) is 3.54. The third-order valence-electron chi connectivity index (χ3n) is 2.25. The Bertz CT molecular complexity index is 459. The number of benzene rings is 1. The van der Waals surface area contributed by atoms with E-state index in [9.17, 15) is 5.11 Å². The number of nitrogens with zero attached hydrogens (tertiary/aromatic N) is 1. The third kappa shape index (κ3) is 3.44. The molecule has 0 saturated heterocycles. The molecule has 0 fully saturated rings. The molecule has 0 aliphatic carbocycles. The van der Waals surface area contributed by atoms with Crippen molar-refractivity contribution in [3.05, 3.63) is 59.4 Å². The molecule has 1 unspecified atom stereocenters. The van der Waals surface area contributed by atoms with E-state index in [4.69, 9.17) is 16.3 Å². The number of aliphatic hydroxyl groups is 1. The average Bonchev–Trinajstić information content (AvgIpc) is 2.39. The van der Waals surface area contributed by atoms with E-state index in [-0.39, 0.29) is 6.61 Å². The average molecular weight is 250 g/mol. The minimum absolute atomic E-state index is 0.165. The summed E-state index contributed by atoms with van der Waals surface area (Å²) in [6.45, 7) is 0.165. The molecule has 4 heteroatoms. The Morgan fingerprint density at radius 3 is 2.59 bits per heavy atom. The fourth-order valence-corrected chi connectivity index (χ4v) is 1.49. The van der Waals surface area contributed by atoms with Crippen LogP contribution in [-0.2, 0) is 0 Å². The highest BCUT2D eigenvalue weighted by Gasteiger charge is 2.08. The lowest BCUT2D eigenvalue weighted by Crippen LogP contribution is -2.10. The Kier molecular flexibility index (Phi) is 3.96. The van der Waals surface area contributed by atoms with Crippen LogP contribution in [0.4, 0.5) is 0 Å². The number of halogens is 1. The van der Waals surface area contributed by atoms with Crippen molar-refractivity contribution < 1.29 is 9.84 Å². The first-order chi connectivity index (χ1) is 8.25. The van der Waals surface area contributed by atoms with Gasteiger partial charge in [-0.25, -0.2) is 0 Å². The Morgan fingerprint density at radius 2 is 1.94 bits per heavy atom. The SMILES string of the molecule is OC(COc1ccc(Cl)cc1)c1ccccn1. The maximum absolute atomic E-state index is 9.82. The number of hydrogen-bond donors (Lipinski definition) is 1. The van der Waals surface area contributed by atoms with Gasteiger partial charge < -0.3 is 9.84 Å². The molecule has 0 saturated carbocycles. The van der Waals surface area contributed by atoms with Gasteiger partial charge in [0, 0.05) is 11.2 Å². The number of aliphatic hydroxyl groups excluding tert-OH is 1. The number of hydrogen-bond acceptors (Lipinski definition) is 3. The molecule has 0 aliphatic heterocycles. The molecule has 17 heavy (non-hydrogen) atoms. The van der Waals surface area contributed by atoms with Gasteiger partial charge in [0.15, 0.2) is 0 Å². The lowest BCUT2D eigenvalue weighted by atomic mass is 10.2. The lowest BCUT2D eigenvalue weighted by molar-refractivity contribution is 0.104. The molecule has 0 radical (unpaired) electrons. The summed E-state index contributed by atoms with van der Waals surface area (Å²) in [6.07, 6.45) is 0.910. The maximum atomic E-state index is 9.82. The summed E-state index contributed by atoms with van der Waals surface area (Å²) in [7, 11) is 0. The fourth-order valence-electron chi connectivity index (χ4n) is 1.36. The molecule has 2 aromatic rings. The van der Waals surface area contributed by atoms with Crippen LogP contribution in [0.25, 0.3) is 0 Å². The van der Waals surface area contributed by atoms with Gasteiger partial charge in [0.25, 0.3) is 0 Å². The zero-order valence-electron chi connectivity index (χ0n) is 9.08. The molecule has 0 spiro atoms. The fraction of sp³-hybridized carbons (Fsp3) is 0.154. The van der Waals surface area contributed by atoms with Crippen molar-refractivity contribution in [1.29, 1.82) is 0 Å². The van der Waals surface area contributed by atoms with E-state index >= 15 is 0 Å². The minimum atomic E-state index is -0.730. The van der Waals surface area contributed by atoms with Crippen molar-refractivity contribution in [2.24, 2.45) is 0 Å². The molecule has 0 amide bonds. The summed E-state index contributed by atoms with van der Waals surface area (Å²) in [4.78, 5) is 4.05. The zero-order chi connectivity index (χ0) is 12.1. The molecule has 1 atom stereocenters. The van der Waals surface area contributed by atoms with Crippen LogP contribution >= 0.6 is 11.6 Å². The summed E-state index contributed by atoms with van der Waals surface area (Å²) >= 11 is 5.76. The Hall–Kier alpha value is -1.58. The van der Waals surface area contributed by atoms with Gasteiger partial charge in [0.05, 0.1) is 5.69 Å². The normalized spacial score (nSPS) is 12.1. The Labute approximate surface area is 105 Å². The van der Waals surface area contributed by atoms with Crippen molar-refractivity contribution >= 4 is 11.6 Å². The van der Waals surface area contributed by atoms with E-state index in [0.29, 0.717) is 16.5 Å². The molecule has 1 aromatic carbocycles. The van der Waals surface area contributed by atoms with E-state index < -0.39 is 6.10 Å². The van der Waals surface area contributed by atoms with Crippen molar-refractivity contribution in [2.45, 2.75) is 6.10 Å². The molecule has 1 N–H and O–H groups in total. The zero-order valence-corrected chi connectivity index (χ0v) is 9.84. The molecule has 3 nitrogen and oxygen atoms in total. The topological polar surface area (TPSA) is 42.4 Å². The standard InChI is InChI=1S/C13H12ClNO2/c14-10-4-6-11(7-5-10)17-9-13(16)12-3-1-2-8-15-12/h1-8,13,16H,9H2. The second-order valence-corrected chi connectivity index (χ2v) is 3.97. The molecule has 88 valence electrons. The van der Waals surface area contributed by atoms with Crippen molar-refractivity contribution in [1.82, 2.24) is 4.98 Å². The van der Waals surface area contributed by atoms with Crippen molar-refractivity contribution in [3.63, 3.8) is 0 Å². The van der Waals surface area contributed by atoms with Gasteiger partial charge >= 0.3 is 0 Å². The summed E-state index contributed by atoms with van der Waals surface area (Å²) < 4.78 is 5.43. The Morgan fingerprint density at radius 1 is 1.18 bits per heavy atom. The molecule has 0 bridgehead atoms. The van der Waals surface area contributed by atoms with E-state index in [1.165, 1.54) is 0 Å². The first kappa shape index (κ1) is 11.9. The van der Waals surface area contributed by atoms with Crippen LogP contribution in [0.2, 0.25) is 5.02 Å². The van der Waals surface area contributed by atoms with Gasteiger partial charge in [-0.2, -0.15) is 0 Å². The van der Waals surface area contributed by atoms with E-state index in [1.807, 2.05) is 6.07 Å². The van der Waals surface area contributed by atoms with E-state index in [2.05, 4.69) is 4.98 Å². The quantitative estimate of drug-likeness (QED) is 0.906. The van der Waals surface area contributed by atoms with Crippen LogP contribution in [0.1, 0.15) is 11.8 Å². The number of ether oxygens (including phenoxy) is 1. The smallest absolute Gasteiger partial charge is 0.130 e. The molecule has 2 rings (SSSR count). The highest BCUT2D eigenvalue weighted by atomic mass is 35.5. The van der Waals surface area contributed by atoms with Crippen LogP contribution < -0.4 is 4.74 Å². The first-order valence-corrected chi connectivity index (χ1v) is 5.61. The van der Waals surface area contributed by atoms with Crippen LogP contribution in [-0.4, -0.2) is 16.7 Å². The highest BCUT2D eigenvalue weighted by molar-refractivity contribution is 6.30. The second kappa shape index (κ2) is 5.66. The number of rotatable bonds is 4. The van der Waals surface area contributed by atoms with Gasteiger partial charge in [0.1, 0.15) is 18.5 Å². The summed E-state index contributed by atoms with van der Waals surface area (Å²) in [5.74, 6) is 0.671. The number of pyridine rings is 1. The number of aromatic nitrogens is 1.